The largest absolute Gasteiger partial charge is 0.457 e. The van der Waals surface area contributed by atoms with Gasteiger partial charge in [0.15, 0.2) is 18.5 Å². The van der Waals surface area contributed by atoms with Gasteiger partial charge in [0.05, 0.1) is 6.61 Å². The Labute approximate surface area is 103 Å². The molecule has 0 unspecified atom stereocenters. The van der Waals surface area contributed by atoms with E-state index in [-0.39, 0.29) is 0 Å². The molecule has 0 aliphatic carbocycles. The molecule has 0 aromatic carbocycles. The van der Waals surface area contributed by atoms with Crippen LogP contribution in [0.3, 0.4) is 0 Å². The van der Waals surface area contributed by atoms with Gasteiger partial charge in [-0.2, -0.15) is 0 Å². The maximum atomic E-state index is 10.9. The SMILES string of the molecule is CC(=O)O[C@@H]1[C@@H](O)[C@@H](OC(C)=O)[C@@H](CO)O[C@H]1O. The molecule has 1 rings (SSSR count). The second kappa shape index (κ2) is 6.10. The number of ether oxygens (including phenoxy) is 3. The first-order valence-electron chi connectivity index (χ1n) is 5.33. The molecule has 1 aliphatic heterocycles. The second-order valence-electron chi connectivity index (χ2n) is 3.89. The third kappa shape index (κ3) is 3.39. The van der Waals surface area contributed by atoms with E-state index in [2.05, 4.69) is 4.74 Å². The summed E-state index contributed by atoms with van der Waals surface area (Å²) in [5.41, 5.74) is 0. The molecule has 0 radical (unpaired) electrons. The Kier molecular flexibility index (Phi) is 5.03. The first-order chi connectivity index (χ1) is 8.36. The van der Waals surface area contributed by atoms with Crippen LogP contribution in [0.25, 0.3) is 0 Å². The van der Waals surface area contributed by atoms with E-state index in [0.29, 0.717) is 0 Å². The monoisotopic (exact) mass is 264 g/mol. The highest BCUT2D eigenvalue weighted by Crippen LogP contribution is 2.24. The molecule has 0 aromatic rings. The summed E-state index contributed by atoms with van der Waals surface area (Å²) in [6, 6.07) is 0. The smallest absolute Gasteiger partial charge is 0.303 e. The summed E-state index contributed by atoms with van der Waals surface area (Å²) < 4.78 is 14.4. The van der Waals surface area contributed by atoms with Crippen LogP contribution in [-0.2, 0) is 23.8 Å². The first-order valence-corrected chi connectivity index (χ1v) is 5.33. The zero-order valence-corrected chi connectivity index (χ0v) is 9.98. The Balaban J connectivity index is 2.84. The summed E-state index contributed by atoms with van der Waals surface area (Å²) >= 11 is 0. The molecule has 0 aromatic heterocycles. The summed E-state index contributed by atoms with van der Waals surface area (Å²) in [5.74, 6) is -1.43. The lowest BCUT2D eigenvalue weighted by Gasteiger charge is -2.40. The fourth-order valence-corrected chi connectivity index (χ4v) is 1.71. The average Bonchev–Trinajstić information content (AvgIpc) is 2.27. The van der Waals surface area contributed by atoms with E-state index in [1.807, 2.05) is 0 Å². The standard InChI is InChI=1S/C10H16O8/c1-4(12)16-8-6(3-11)18-10(15)9(7(8)14)17-5(2)13/h6-11,14-15H,3H2,1-2H3/t6-,7+,8+,9-,10-/m1/s1. The van der Waals surface area contributed by atoms with Gasteiger partial charge in [0.2, 0.25) is 0 Å². The molecule has 5 atom stereocenters. The molecule has 8 nitrogen and oxygen atoms in total. The van der Waals surface area contributed by atoms with Crippen molar-refractivity contribution in [1.82, 2.24) is 0 Å². The second-order valence-corrected chi connectivity index (χ2v) is 3.89. The first kappa shape index (κ1) is 14.8. The highest BCUT2D eigenvalue weighted by molar-refractivity contribution is 5.67. The molecule has 104 valence electrons. The van der Waals surface area contributed by atoms with Crippen molar-refractivity contribution in [2.45, 2.75) is 44.6 Å². The molecule has 0 bridgehead atoms. The highest BCUT2D eigenvalue weighted by atomic mass is 16.7. The summed E-state index contributed by atoms with van der Waals surface area (Å²) in [5, 5.41) is 28.5. The van der Waals surface area contributed by atoms with Crippen LogP contribution in [0.1, 0.15) is 13.8 Å². The van der Waals surface area contributed by atoms with E-state index >= 15 is 0 Å². The predicted molar refractivity (Wildman–Crippen MR) is 55.1 cm³/mol. The number of hydrogen-bond acceptors (Lipinski definition) is 8. The number of esters is 2. The van der Waals surface area contributed by atoms with E-state index in [4.69, 9.17) is 14.6 Å². The molecule has 0 spiro atoms. The van der Waals surface area contributed by atoms with E-state index in [1.165, 1.54) is 0 Å². The van der Waals surface area contributed by atoms with Gasteiger partial charge in [-0.15, -0.1) is 0 Å². The molecule has 1 aliphatic rings. The van der Waals surface area contributed by atoms with Gasteiger partial charge < -0.3 is 29.5 Å². The van der Waals surface area contributed by atoms with Crippen LogP contribution in [-0.4, -0.2) is 64.6 Å². The van der Waals surface area contributed by atoms with Crippen molar-refractivity contribution in [2.75, 3.05) is 6.61 Å². The van der Waals surface area contributed by atoms with Gasteiger partial charge in [0.1, 0.15) is 12.2 Å². The minimum Gasteiger partial charge on any atom is -0.457 e. The van der Waals surface area contributed by atoms with Gasteiger partial charge >= 0.3 is 11.9 Å². The van der Waals surface area contributed by atoms with Crippen LogP contribution in [0, 0.1) is 0 Å². The molecule has 0 saturated carbocycles. The minimum absolute atomic E-state index is 0.571. The lowest BCUT2D eigenvalue weighted by molar-refractivity contribution is -0.293. The van der Waals surface area contributed by atoms with Crippen LogP contribution in [0.2, 0.25) is 0 Å². The van der Waals surface area contributed by atoms with E-state index in [9.17, 15) is 19.8 Å². The summed E-state index contributed by atoms with van der Waals surface area (Å²) in [6.45, 7) is 1.64. The molecule has 1 saturated heterocycles. The van der Waals surface area contributed by atoms with Crippen LogP contribution in [0.4, 0.5) is 0 Å². The van der Waals surface area contributed by atoms with Gasteiger partial charge in [-0.25, -0.2) is 0 Å². The number of carbonyl (C=O) groups excluding carboxylic acids is 2. The Bertz CT molecular complexity index is 317. The number of carbonyl (C=O) groups is 2. The van der Waals surface area contributed by atoms with Crippen molar-refractivity contribution >= 4 is 11.9 Å². The van der Waals surface area contributed by atoms with Crippen LogP contribution in [0.5, 0.6) is 0 Å². The van der Waals surface area contributed by atoms with Crippen LogP contribution >= 0.6 is 0 Å². The number of rotatable bonds is 3. The van der Waals surface area contributed by atoms with Gasteiger partial charge in [-0.1, -0.05) is 0 Å². The topological polar surface area (TPSA) is 123 Å². The molecule has 18 heavy (non-hydrogen) atoms. The highest BCUT2D eigenvalue weighted by Gasteiger charge is 2.48. The molecule has 1 fully saturated rings. The fourth-order valence-electron chi connectivity index (χ4n) is 1.71. The van der Waals surface area contributed by atoms with Gasteiger partial charge in [0, 0.05) is 13.8 Å². The van der Waals surface area contributed by atoms with Crippen molar-refractivity contribution in [2.24, 2.45) is 0 Å². The predicted octanol–water partition coefficient (Wildman–Crippen LogP) is -2.08. The minimum atomic E-state index is -1.60. The maximum absolute atomic E-state index is 10.9. The fraction of sp³-hybridized carbons (Fsp3) is 0.800. The van der Waals surface area contributed by atoms with Crippen LogP contribution in [0.15, 0.2) is 0 Å². The Morgan fingerprint density at radius 1 is 1.11 bits per heavy atom. The third-order valence-corrected chi connectivity index (χ3v) is 2.42. The molecular formula is C10H16O8. The quantitative estimate of drug-likeness (QED) is 0.496. The van der Waals surface area contributed by atoms with Gasteiger partial charge in [-0.3, -0.25) is 9.59 Å². The van der Waals surface area contributed by atoms with Crippen molar-refractivity contribution in [3.63, 3.8) is 0 Å². The third-order valence-electron chi connectivity index (χ3n) is 2.42. The number of aliphatic hydroxyl groups excluding tert-OH is 3. The van der Waals surface area contributed by atoms with E-state index in [0.717, 1.165) is 13.8 Å². The van der Waals surface area contributed by atoms with E-state index < -0.39 is 49.3 Å². The van der Waals surface area contributed by atoms with Crippen molar-refractivity contribution in [3.8, 4) is 0 Å². The normalized spacial score (nSPS) is 35.9. The lowest BCUT2D eigenvalue weighted by atomic mass is 9.99. The maximum Gasteiger partial charge on any atom is 0.303 e. The Hall–Kier alpha value is -1.22. The zero-order valence-electron chi connectivity index (χ0n) is 9.98. The lowest BCUT2D eigenvalue weighted by Crippen LogP contribution is -2.60. The molecule has 3 N–H and O–H groups in total. The van der Waals surface area contributed by atoms with Crippen molar-refractivity contribution < 1.29 is 39.1 Å². The zero-order chi connectivity index (χ0) is 13.9. The Morgan fingerprint density at radius 2 is 1.61 bits per heavy atom. The molecule has 8 heteroatoms. The number of aliphatic hydroxyl groups is 3. The van der Waals surface area contributed by atoms with Gasteiger partial charge in [0.25, 0.3) is 0 Å². The van der Waals surface area contributed by atoms with Crippen molar-refractivity contribution in [3.05, 3.63) is 0 Å². The summed E-state index contributed by atoms with van der Waals surface area (Å²) in [6.07, 6.45) is -6.79. The summed E-state index contributed by atoms with van der Waals surface area (Å²) in [4.78, 5) is 21.7. The van der Waals surface area contributed by atoms with Crippen LogP contribution < -0.4 is 0 Å². The van der Waals surface area contributed by atoms with E-state index in [1.54, 1.807) is 0 Å². The Morgan fingerprint density at radius 3 is 2.06 bits per heavy atom. The number of hydrogen-bond donors (Lipinski definition) is 3. The van der Waals surface area contributed by atoms with Crippen molar-refractivity contribution in [1.29, 1.82) is 0 Å². The molecular weight excluding hydrogens is 248 g/mol. The summed E-state index contributed by atoms with van der Waals surface area (Å²) in [7, 11) is 0. The van der Waals surface area contributed by atoms with Gasteiger partial charge in [-0.05, 0) is 0 Å². The average molecular weight is 264 g/mol. The molecule has 0 amide bonds. The molecule has 1 heterocycles.